The molecule has 0 saturated heterocycles. The third-order valence-corrected chi connectivity index (χ3v) is 4.36. The molecule has 1 heterocycles. The van der Waals surface area contributed by atoms with E-state index >= 15 is 0 Å². The van der Waals surface area contributed by atoms with Crippen LogP contribution in [0.5, 0.6) is 0 Å². The highest BCUT2D eigenvalue weighted by Crippen LogP contribution is 2.30. The lowest BCUT2D eigenvalue weighted by Gasteiger charge is -2.39. The van der Waals surface area contributed by atoms with Crippen LogP contribution in [0, 0.1) is 6.92 Å². The number of hydrogen-bond donors (Lipinski definition) is 1. The molecule has 1 aliphatic rings. The molecule has 0 aromatic carbocycles. The van der Waals surface area contributed by atoms with E-state index in [9.17, 15) is 0 Å². The van der Waals surface area contributed by atoms with Crippen LogP contribution in [0.4, 0.5) is 0 Å². The summed E-state index contributed by atoms with van der Waals surface area (Å²) in [5.41, 5.74) is 6.02. The fraction of sp³-hybridized carbons (Fsp3) is 0.750. The Morgan fingerprint density at radius 2 is 2.00 bits per heavy atom. The molecule has 1 fully saturated rings. The Morgan fingerprint density at radius 3 is 2.53 bits per heavy atom. The number of aryl methyl sites for hydroxylation is 1. The Hall–Kier alpha value is -0.800. The van der Waals surface area contributed by atoms with E-state index in [-0.39, 0.29) is 0 Å². The SMILES string of the molecule is CCCN(C1CCC(N)CC1)C(C)c1ccc(C)o1. The maximum atomic E-state index is 6.02. The summed E-state index contributed by atoms with van der Waals surface area (Å²) in [5, 5.41) is 0. The quantitative estimate of drug-likeness (QED) is 0.883. The maximum Gasteiger partial charge on any atom is 0.121 e. The lowest BCUT2D eigenvalue weighted by molar-refractivity contribution is 0.0955. The summed E-state index contributed by atoms with van der Waals surface area (Å²) in [5.74, 6) is 2.10. The fourth-order valence-corrected chi connectivity index (χ4v) is 3.23. The second-order valence-corrected chi connectivity index (χ2v) is 5.93. The standard InChI is InChI=1S/C16H28N2O/c1-4-11-18(15-8-6-14(17)7-9-15)13(3)16-10-5-12(2)19-16/h5,10,13-15H,4,6-9,11,17H2,1-3H3. The first-order valence-electron chi connectivity index (χ1n) is 7.69. The van der Waals surface area contributed by atoms with Gasteiger partial charge in [0.25, 0.3) is 0 Å². The molecular weight excluding hydrogens is 236 g/mol. The molecule has 1 unspecified atom stereocenters. The summed E-state index contributed by atoms with van der Waals surface area (Å²) in [7, 11) is 0. The first kappa shape index (κ1) is 14.6. The average molecular weight is 264 g/mol. The van der Waals surface area contributed by atoms with Crippen LogP contribution in [0.25, 0.3) is 0 Å². The normalized spacial score (nSPS) is 25.7. The smallest absolute Gasteiger partial charge is 0.121 e. The Bertz CT molecular complexity index is 380. The van der Waals surface area contributed by atoms with Crippen LogP contribution in [0.1, 0.15) is 63.5 Å². The predicted molar refractivity (Wildman–Crippen MR) is 79.1 cm³/mol. The molecule has 3 heteroatoms. The minimum absolute atomic E-state index is 0.368. The number of hydrogen-bond acceptors (Lipinski definition) is 3. The minimum Gasteiger partial charge on any atom is -0.465 e. The molecule has 0 aliphatic heterocycles. The van der Waals surface area contributed by atoms with Gasteiger partial charge in [-0.05, 0) is 64.6 Å². The molecule has 1 atom stereocenters. The van der Waals surface area contributed by atoms with Gasteiger partial charge >= 0.3 is 0 Å². The summed E-state index contributed by atoms with van der Waals surface area (Å²) in [6, 6.07) is 5.64. The van der Waals surface area contributed by atoms with E-state index in [4.69, 9.17) is 10.2 Å². The van der Waals surface area contributed by atoms with Crippen molar-refractivity contribution in [1.82, 2.24) is 4.90 Å². The van der Waals surface area contributed by atoms with E-state index in [1.54, 1.807) is 0 Å². The summed E-state index contributed by atoms with van der Waals surface area (Å²) in [6.07, 6.45) is 5.96. The maximum absolute atomic E-state index is 6.02. The van der Waals surface area contributed by atoms with Crippen LogP contribution in [0.2, 0.25) is 0 Å². The molecule has 3 nitrogen and oxygen atoms in total. The topological polar surface area (TPSA) is 42.4 Å². The van der Waals surface area contributed by atoms with Crippen molar-refractivity contribution in [2.75, 3.05) is 6.54 Å². The Balaban J connectivity index is 2.06. The van der Waals surface area contributed by atoms with Gasteiger partial charge in [0.15, 0.2) is 0 Å². The first-order valence-corrected chi connectivity index (χ1v) is 7.69. The van der Waals surface area contributed by atoms with Crippen LogP contribution in [-0.2, 0) is 0 Å². The predicted octanol–water partition coefficient (Wildman–Crippen LogP) is 3.63. The first-order chi connectivity index (χ1) is 9.11. The minimum atomic E-state index is 0.368. The van der Waals surface area contributed by atoms with Gasteiger partial charge in [-0.3, -0.25) is 4.90 Å². The van der Waals surface area contributed by atoms with Gasteiger partial charge in [0.1, 0.15) is 11.5 Å². The van der Waals surface area contributed by atoms with Crippen molar-refractivity contribution in [3.8, 4) is 0 Å². The van der Waals surface area contributed by atoms with Gasteiger partial charge in [-0.25, -0.2) is 0 Å². The molecule has 1 aliphatic carbocycles. The van der Waals surface area contributed by atoms with Crippen LogP contribution < -0.4 is 5.73 Å². The Morgan fingerprint density at radius 1 is 1.32 bits per heavy atom. The number of nitrogens with zero attached hydrogens (tertiary/aromatic N) is 1. The van der Waals surface area contributed by atoms with Crippen molar-refractivity contribution >= 4 is 0 Å². The molecule has 2 N–H and O–H groups in total. The van der Waals surface area contributed by atoms with Crippen molar-refractivity contribution in [2.45, 2.75) is 71.0 Å². The van der Waals surface area contributed by atoms with Gasteiger partial charge in [0.05, 0.1) is 6.04 Å². The van der Waals surface area contributed by atoms with Gasteiger partial charge in [0, 0.05) is 12.1 Å². The highest BCUT2D eigenvalue weighted by Gasteiger charge is 2.28. The molecule has 19 heavy (non-hydrogen) atoms. The van der Waals surface area contributed by atoms with E-state index < -0.39 is 0 Å². The van der Waals surface area contributed by atoms with Crippen molar-refractivity contribution in [3.05, 3.63) is 23.7 Å². The van der Waals surface area contributed by atoms with Crippen molar-refractivity contribution in [2.24, 2.45) is 5.73 Å². The highest BCUT2D eigenvalue weighted by atomic mass is 16.3. The monoisotopic (exact) mass is 264 g/mol. The fourth-order valence-electron chi connectivity index (χ4n) is 3.23. The van der Waals surface area contributed by atoms with Crippen LogP contribution >= 0.6 is 0 Å². The van der Waals surface area contributed by atoms with E-state index in [2.05, 4.69) is 30.9 Å². The Labute approximate surface area is 117 Å². The van der Waals surface area contributed by atoms with Crippen LogP contribution in [0.3, 0.4) is 0 Å². The van der Waals surface area contributed by atoms with E-state index in [0.717, 1.165) is 30.9 Å². The lowest BCUT2D eigenvalue weighted by Crippen LogP contribution is -2.42. The van der Waals surface area contributed by atoms with Gasteiger partial charge in [0.2, 0.25) is 0 Å². The van der Waals surface area contributed by atoms with Crippen molar-refractivity contribution < 1.29 is 4.42 Å². The molecule has 0 bridgehead atoms. The summed E-state index contributed by atoms with van der Waals surface area (Å²) < 4.78 is 5.82. The molecule has 1 aromatic heterocycles. The molecule has 1 aromatic rings. The molecular formula is C16H28N2O. The highest BCUT2D eigenvalue weighted by molar-refractivity contribution is 5.09. The zero-order chi connectivity index (χ0) is 13.8. The third-order valence-electron chi connectivity index (χ3n) is 4.36. The molecule has 2 rings (SSSR count). The van der Waals surface area contributed by atoms with Gasteiger partial charge in [-0.2, -0.15) is 0 Å². The Kier molecular flexibility index (Phi) is 5.06. The summed E-state index contributed by atoms with van der Waals surface area (Å²) in [6.45, 7) is 7.67. The zero-order valence-corrected chi connectivity index (χ0v) is 12.6. The zero-order valence-electron chi connectivity index (χ0n) is 12.6. The van der Waals surface area contributed by atoms with Gasteiger partial charge in [-0.1, -0.05) is 6.92 Å². The lowest BCUT2D eigenvalue weighted by atomic mass is 9.89. The third kappa shape index (κ3) is 3.61. The molecule has 0 radical (unpaired) electrons. The second kappa shape index (κ2) is 6.58. The molecule has 0 spiro atoms. The average Bonchev–Trinajstić information content (AvgIpc) is 2.83. The van der Waals surface area contributed by atoms with Crippen LogP contribution in [-0.4, -0.2) is 23.5 Å². The van der Waals surface area contributed by atoms with Crippen molar-refractivity contribution in [3.63, 3.8) is 0 Å². The summed E-state index contributed by atoms with van der Waals surface area (Å²) >= 11 is 0. The van der Waals surface area contributed by atoms with E-state index in [1.165, 1.54) is 19.3 Å². The summed E-state index contributed by atoms with van der Waals surface area (Å²) in [4.78, 5) is 2.62. The second-order valence-electron chi connectivity index (χ2n) is 5.93. The van der Waals surface area contributed by atoms with Gasteiger partial charge in [-0.15, -0.1) is 0 Å². The largest absolute Gasteiger partial charge is 0.465 e. The molecule has 1 saturated carbocycles. The number of rotatable bonds is 5. The van der Waals surface area contributed by atoms with E-state index in [1.807, 2.05) is 6.92 Å². The van der Waals surface area contributed by atoms with Crippen molar-refractivity contribution in [1.29, 1.82) is 0 Å². The van der Waals surface area contributed by atoms with E-state index in [0.29, 0.717) is 18.1 Å². The van der Waals surface area contributed by atoms with Crippen LogP contribution in [0.15, 0.2) is 16.5 Å². The number of furan rings is 1. The molecule has 0 amide bonds. The number of nitrogens with two attached hydrogens (primary N) is 1. The molecule has 108 valence electrons. The van der Waals surface area contributed by atoms with Gasteiger partial charge < -0.3 is 10.2 Å².